The molecule has 1 heterocycles. The fourth-order valence-corrected chi connectivity index (χ4v) is 1.29. The van der Waals surface area contributed by atoms with Crippen LogP contribution in [0.25, 0.3) is 0 Å². The Hall–Kier alpha value is -1.18. The third kappa shape index (κ3) is 1.04. The second-order valence-electron chi connectivity index (χ2n) is 2.83. The summed E-state index contributed by atoms with van der Waals surface area (Å²) in [4.78, 5) is 2.18. The highest BCUT2D eigenvalue weighted by Crippen LogP contribution is 2.29. The third-order valence-corrected chi connectivity index (χ3v) is 2.08. The van der Waals surface area contributed by atoms with Gasteiger partial charge in [0.05, 0.1) is 5.69 Å². The van der Waals surface area contributed by atoms with E-state index in [1.54, 1.807) is 6.07 Å². The van der Waals surface area contributed by atoms with Gasteiger partial charge in [0, 0.05) is 13.1 Å². The van der Waals surface area contributed by atoms with E-state index in [2.05, 4.69) is 4.90 Å². The van der Waals surface area contributed by atoms with Crippen molar-refractivity contribution in [2.24, 2.45) is 0 Å². The van der Waals surface area contributed by atoms with Crippen LogP contribution < -0.4 is 4.90 Å². The van der Waals surface area contributed by atoms with Gasteiger partial charge < -0.3 is 10.0 Å². The Morgan fingerprint density at radius 3 is 2.45 bits per heavy atom. The van der Waals surface area contributed by atoms with E-state index >= 15 is 0 Å². The minimum Gasteiger partial charge on any atom is -0.506 e. The molecule has 0 bridgehead atoms. The molecule has 0 aromatic heterocycles. The van der Waals surface area contributed by atoms with Gasteiger partial charge in [-0.05, 0) is 18.6 Å². The topological polar surface area (TPSA) is 23.5 Å². The van der Waals surface area contributed by atoms with Crippen LogP contribution in [-0.4, -0.2) is 18.2 Å². The van der Waals surface area contributed by atoms with Crippen LogP contribution in [0.4, 0.5) is 5.69 Å². The van der Waals surface area contributed by atoms with Crippen molar-refractivity contribution in [2.45, 2.75) is 6.42 Å². The minimum atomic E-state index is 0.396. The van der Waals surface area contributed by atoms with E-state index < -0.39 is 0 Å². The van der Waals surface area contributed by atoms with Crippen molar-refractivity contribution in [3.63, 3.8) is 0 Å². The van der Waals surface area contributed by atoms with E-state index in [-0.39, 0.29) is 0 Å². The molecule has 0 aliphatic carbocycles. The number of aromatic hydroxyl groups is 1. The molecular formula is C9H11NO. The van der Waals surface area contributed by atoms with Crippen LogP contribution in [0.5, 0.6) is 5.75 Å². The smallest absolute Gasteiger partial charge is 0.138 e. The van der Waals surface area contributed by atoms with Gasteiger partial charge in [0.1, 0.15) is 5.75 Å². The maximum atomic E-state index is 9.40. The average Bonchev–Trinajstić information content (AvgIpc) is 1.90. The van der Waals surface area contributed by atoms with Crippen LogP contribution in [0.1, 0.15) is 6.42 Å². The average molecular weight is 149 g/mol. The van der Waals surface area contributed by atoms with Gasteiger partial charge in [-0.15, -0.1) is 0 Å². The molecule has 0 spiro atoms. The number of phenols is 1. The number of anilines is 1. The standard InChI is InChI=1S/C9H11NO/c11-9-5-2-1-4-8(9)10-6-3-7-10/h1-2,4-5,11H,3,6-7H2. The molecule has 2 heteroatoms. The number of benzene rings is 1. The molecule has 1 aliphatic rings. The number of nitrogens with zero attached hydrogens (tertiary/aromatic N) is 1. The zero-order chi connectivity index (χ0) is 7.68. The summed E-state index contributed by atoms with van der Waals surface area (Å²) in [6.07, 6.45) is 1.24. The summed E-state index contributed by atoms with van der Waals surface area (Å²) in [5.74, 6) is 0.396. The number of hydrogen-bond donors (Lipinski definition) is 1. The fraction of sp³-hybridized carbons (Fsp3) is 0.333. The molecule has 1 N–H and O–H groups in total. The molecular weight excluding hydrogens is 138 g/mol. The van der Waals surface area contributed by atoms with Crippen molar-refractivity contribution in [2.75, 3.05) is 18.0 Å². The van der Waals surface area contributed by atoms with Crippen LogP contribution in [0.15, 0.2) is 24.3 Å². The van der Waals surface area contributed by atoms with Crippen molar-refractivity contribution in [3.05, 3.63) is 24.3 Å². The van der Waals surface area contributed by atoms with E-state index in [0.29, 0.717) is 5.75 Å². The van der Waals surface area contributed by atoms with E-state index in [1.807, 2.05) is 18.2 Å². The summed E-state index contributed by atoms with van der Waals surface area (Å²) < 4.78 is 0. The Balaban J connectivity index is 2.28. The van der Waals surface area contributed by atoms with Crippen molar-refractivity contribution in [1.82, 2.24) is 0 Å². The van der Waals surface area contributed by atoms with Crippen molar-refractivity contribution >= 4 is 5.69 Å². The molecule has 2 nitrogen and oxygen atoms in total. The van der Waals surface area contributed by atoms with Crippen LogP contribution in [-0.2, 0) is 0 Å². The SMILES string of the molecule is Oc1ccccc1N1CCC1. The van der Waals surface area contributed by atoms with Crippen molar-refractivity contribution in [3.8, 4) is 5.75 Å². The Morgan fingerprint density at radius 2 is 1.91 bits per heavy atom. The maximum Gasteiger partial charge on any atom is 0.138 e. The lowest BCUT2D eigenvalue weighted by Crippen LogP contribution is -2.36. The molecule has 1 aliphatic heterocycles. The number of rotatable bonds is 1. The first kappa shape index (κ1) is 6.53. The summed E-state index contributed by atoms with van der Waals surface area (Å²) in [6.45, 7) is 2.16. The van der Waals surface area contributed by atoms with Gasteiger partial charge in [-0.3, -0.25) is 0 Å². The van der Waals surface area contributed by atoms with E-state index in [1.165, 1.54) is 6.42 Å². The molecule has 58 valence electrons. The highest BCUT2D eigenvalue weighted by molar-refractivity contribution is 5.58. The summed E-state index contributed by atoms with van der Waals surface area (Å²) >= 11 is 0. The predicted molar refractivity (Wildman–Crippen MR) is 44.9 cm³/mol. The fourth-order valence-electron chi connectivity index (χ4n) is 1.29. The summed E-state index contributed by atoms with van der Waals surface area (Å²) in [7, 11) is 0. The minimum absolute atomic E-state index is 0.396. The van der Waals surface area contributed by atoms with Crippen molar-refractivity contribution < 1.29 is 5.11 Å². The second kappa shape index (κ2) is 2.46. The number of phenolic OH excluding ortho intramolecular Hbond substituents is 1. The molecule has 0 atom stereocenters. The molecule has 0 amide bonds. The van der Waals surface area contributed by atoms with E-state index in [4.69, 9.17) is 0 Å². The molecule has 0 saturated carbocycles. The molecule has 1 fully saturated rings. The number of para-hydroxylation sites is 2. The van der Waals surface area contributed by atoms with Crippen LogP contribution >= 0.6 is 0 Å². The molecule has 2 rings (SSSR count). The molecule has 1 saturated heterocycles. The first-order valence-electron chi connectivity index (χ1n) is 3.91. The zero-order valence-electron chi connectivity index (χ0n) is 6.33. The Bertz CT molecular complexity index is 255. The Morgan fingerprint density at radius 1 is 1.18 bits per heavy atom. The summed E-state index contributed by atoms with van der Waals surface area (Å²) in [5.41, 5.74) is 0.971. The van der Waals surface area contributed by atoms with Gasteiger partial charge in [-0.25, -0.2) is 0 Å². The third-order valence-electron chi connectivity index (χ3n) is 2.08. The van der Waals surface area contributed by atoms with Crippen LogP contribution in [0, 0.1) is 0 Å². The Labute approximate surface area is 66.1 Å². The number of hydrogen-bond acceptors (Lipinski definition) is 2. The Kier molecular flexibility index (Phi) is 1.46. The summed E-state index contributed by atoms with van der Waals surface area (Å²) in [6, 6.07) is 7.48. The highest BCUT2D eigenvalue weighted by Gasteiger charge is 2.16. The molecule has 11 heavy (non-hydrogen) atoms. The predicted octanol–water partition coefficient (Wildman–Crippen LogP) is 1.60. The van der Waals surface area contributed by atoms with Gasteiger partial charge in [0.15, 0.2) is 0 Å². The van der Waals surface area contributed by atoms with E-state index in [9.17, 15) is 5.11 Å². The maximum absolute atomic E-state index is 9.40. The highest BCUT2D eigenvalue weighted by atomic mass is 16.3. The molecule has 0 radical (unpaired) electrons. The summed E-state index contributed by atoms with van der Waals surface area (Å²) in [5, 5.41) is 9.40. The first-order valence-corrected chi connectivity index (χ1v) is 3.91. The molecule has 1 aromatic rings. The lowest BCUT2D eigenvalue weighted by Gasteiger charge is -2.33. The monoisotopic (exact) mass is 149 g/mol. The molecule has 1 aromatic carbocycles. The normalized spacial score (nSPS) is 16.2. The lowest BCUT2D eigenvalue weighted by atomic mass is 10.1. The van der Waals surface area contributed by atoms with Crippen molar-refractivity contribution in [1.29, 1.82) is 0 Å². The van der Waals surface area contributed by atoms with Gasteiger partial charge >= 0.3 is 0 Å². The van der Waals surface area contributed by atoms with Gasteiger partial charge in [-0.1, -0.05) is 12.1 Å². The van der Waals surface area contributed by atoms with Crippen LogP contribution in [0.2, 0.25) is 0 Å². The lowest BCUT2D eigenvalue weighted by molar-refractivity contribution is 0.468. The zero-order valence-corrected chi connectivity index (χ0v) is 6.33. The van der Waals surface area contributed by atoms with Gasteiger partial charge in [-0.2, -0.15) is 0 Å². The quantitative estimate of drug-likeness (QED) is 0.655. The molecule has 0 unspecified atom stereocenters. The first-order chi connectivity index (χ1) is 5.38. The van der Waals surface area contributed by atoms with Gasteiger partial charge in [0.25, 0.3) is 0 Å². The second-order valence-corrected chi connectivity index (χ2v) is 2.83. The largest absolute Gasteiger partial charge is 0.506 e. The van der Waals surface area contributed by atoms with E-state index in [0.717, 1.165) is 18.8 Å². The van der Waals surface area contributed by atoms with Gasteiger partial charge in [0.2, 0.25) is 0 Å². The van der Waals surface area contributed by atoms with Crippen LogP contribution in [0.3, 0.4) is 0 Å².